The number of nitrogens with zero attached hydrogens (tertiary/aromatic N) is 4. The first-order valence-corrected chi connectivity index (χ1v) is 14.9. The van der Waals surface area contributed by atoms with Gasteiger partial charge in [0.15, 0.2) is 5.82 Å². The Morgan fingerprint density at radius 3 is 2.74 bits per heavy atom. The summed E-state index contributed by atoms with van der Waals surface area (Å²) in [5.41, 5.74) is 7.01. The van der Waals surface area contributed by atoms with E-state index in [-0.39, 0.29) is 6.04 Å². The number of aliphatic hydroxyl groups is 1. The van der Waals surface area contributed by atoms with E-state index in [2.05, 4.69) is 87.5 Å². The highest BCUT2D eigenvalue weighted by molar-refractivity contribution is 6.08. The monoisotopic (exact) mass is 573 g/mol. The molecule has 0 amide bonds. The lowest BCUT2D eigenvalue weighted by Crippen LogP contribution is -2.34. The highest BCUT2D eigenvalue weighted by Crippen LogP contribution is 2.40. The van der Waals surface area contributed by atoms with E-state index in [4.69, 9.17) is 15.4 Å². The molecule has 0 spiro atoms. The van der Waals surface area contributed by atoms with Crippen molar-refractivity contribution in [3.05, 3.63) is 108 Å². The normalized spacial score (nSPS) is 17.6. The number of allylic oxidation sites excluding steroid dienone is 1. The van der Waals surface area contributed by atoms with Gasteiger partial charge in [-0.1, -0.05) is 43.0 Å². The van der Waals surface area contributed by atoms with Crippen LogP contribution in [0.5, 0.6) is 0 Å². The summed E-state index contributed by atoms with van der Waals surface area (Å²) in [6, 6.07) is 19.3. The zero-order valence-electron chi connectivity index (χ0n) is 25.1. The molecule has 2 aliphatic rings. The van der Waals surface area contributed by atoms with Gasteiger partial charge in [-0.25, -0.2) is 9.97 Å². The first-order valence-electron chi connectivity index (χ1n) is 14.9. The summed E-state index contributed by atoms with van der Waals surface area (Å²) < 4.78 is 0. The first-order chi connectivity index (χ1) is 20.7. The van der Waals surface area contributed by atoms with Gasteiger partial charge in [-0.2, -0.15) is 0 Å². The van der Waals surface area contributed by atoms with Crippen LogP contribution in [0.3, 0.4) is 0 Å². The number of aromatic amines is 1. The SMILES string of the molecule is C=C1c2[nH]ccc2C(c2ccc3nc(/C(C=N)=C/NCC(C)(C)O)nc(N4CCCCC4c4ccccc4)c3c2)=CN1C. The van der Waals surface area contributed by atoms with Gasteiger partial charge < -0.3 is 30.6 Å². The molecular formula is C35H39N7O. The highest BCUT2D eigenvalue weighted by Gasteiger charge is 2.28. The molecule has 2 aliphatic heterocycles. The van der Waals surface area contributed by atoms with Crippen molar-refractivity contribution in [3.8, 4) is 0 Å². The molecule has 8 nitrogen and oxygen atoms in total. The average Bonchev–Trinajstić information content (AvgIpc) is 3.51. The van der Waals surface area contributed by atoms with E-state index in [1.807, 2.05) is 13.2 Å². The quantitative estimate of drug-likeness (QED) is 0.183. The van der Waals surface area contributed by atoms with Gasteiger partial charge in [0.1, 0.15) is 5.82 Å². The molecule has 1 unspecified atom stereocenters. The predicted octanol–water partition coefficient (Wildman–Crippen LogP) is 6.35. The van der Waals surface area contributed by atoms with E-state index in [0.29, 0.717) is 17.9 Å². The van der Waals surface area contributed by atoms with Crippen LogP contribution in [0.15, 0.2) is 79.8 Å². The molecule has 2 aromatic carbocycles. The summed E-state index contributed by atoms with van der Waals surface area (Å²) in [4.78, 5) is 18.0. The van der Waals surface area contributed by atoms with Gasteiger partial charge in [-0.05, 0) is 62.4 Å². The van der Waals surface area contributed by atoms with Crippen LogP contribution in [0.1, 0.15) is 67.4 Å². The molecule has 2 aromatic heterocycles. The number of fused-ring (bicyclic) bond motifs is 2. The number of hydrogen-bond acceptors (Lipinski definition) is 7. The molecule has 4 aromatic rings. The second-order valence-electron chi connectivity index (χ2n) is 12.0. The average molecular weight is 574 g/mol. The molecule has 4 N–H and O–H groups in total. The predicted molar refractivity (Wildman–Crippen MR) is 176 cm³/mol. The molecule has 8 heteroatoms. The zero-order valence-corrected chi connectivity index (χ0v) is 25.1. The van der Waals surface area contributed by atoms with Gasteiger partial charge in [0.25, 0.3) is 0 Å². The lowest BCUT2D eigenvalue weighted by molar-refractivity contribution is 0.0836. The molecule has 0 aliphatic carbocycles. The molecule has 43 heavy (non-hydrogen) atoms. The number of rotatable bonds is 8. The van der Waals surface area contributed by atoms with Crippen LogP contribution in [-0.2, 0) is 0 Å². The van der Waals surface area contributed by atoms with Gasteiger partial charge >= 0.3 is 0 Å². The molecule has 6 rings (SSSR count). The Balaban J connectivity index is 1.51. The van der Waals surface area contributed by atoms with Crippen molar-refractivity contribution in [2.75, 3.05) is 25.0 Å². The first kappa shape index (κ1) is 28.4. The standard InChI is InChI=1S/C35H39N7O/c1-23-32-27(15-16-38-32)29(21-41(23)4)25-13-14-30-28(18-25)34(40-33(39-30)26(19-36)20-37-22-35(2,3)43)42-17-9-8-12-31(42)24-10-6-5-7-11-24/h5-7,10-11,13-16,18-21,31,36-38,43H,1,8-9,12,17,22H2,2-4H3/b26-20+,36-19?. The summed E-state index contributed by atoms with van der Waals surface area (Å²) in [5, 5.41) is 22.5. The number of piperidine rings is 1. The second kappa shape index (κ2) is 11.5. The molecule has 4 heterocycles. The van der Waals surface area contributed by atoms with E-state index in [1.165, 1.54) is 11.8 Å². The molecule has 220 valence electrons. The maximum Gasteiger partial charge on any atom is 0.165 e. The number of anilines is 1. The zero-order chi connectivity index (χ0) is 30.1. The Bertz CT molecular complexity index is 1730. The van der Waals surface area contributed by atoms with Crippen LogP contribution in [-0.4, -0.2) is 56.9 Å². The Labute approximate surface area is 253 Å². The third-order valence-electron chi connectivity index (χ3n) is 8.23. The lowest BCUT2D eigenvalue weighted by atomic mass is 9.93. The highest BCUT2D eigenvalue weighted by atomic mass is 16.3. The summed E-state index contributed by atoms with van der Waals surface area (Å²) in [5.74, 6) is 1.35. The van der Waals surface area contributed by atoms with Crippen LogP contribution in [0, 0.1) is 5.41 Å². The Morgan fingerprint density at radius 2 is 1.98 bits per heavy atom. The van der Waals surface area contributed by atoms with Crippen molar-refractivity contribution < 1.29 is 5.11 Å². The summed E-state index contributed by atoms with van der Waals surface area (Å²) >= 11 is 0. The smallest absolute Gasteiger partial charge is 0.165 e. The molecule has 1 fully saturated rings. The van der Waals surface area contributed by atoms with E-state index >= 15 is 0 Å². The van der Waals surface area contributed by atoms with Crippen molar-refractivity contribution >= 4 is 39.8 Å². The maximum atomic E-state index is 10.2. The van der Waals surface area contributed by atoms with Crippen molar-refractivity contribution in [1.29, 1.82) is 5.41 Å². The summed E-state index contributed by atoms with van der Waals surface area (Å²) in [6.07, 6.45) is 10.4. The minimum Gasteiger partial charge on any atom is -0.389 e. The van der Waals surface area contributed by atoms with Crippen molar-refractivity contribution in [2.24, 2.45) is 0 Å². The third kappa shape index (κ3) is 5.70. The third-order valence-corrected chi connectivity index (χ3v) is 8.23. The van der Waals surface area contributed by atoms with Crippen LogP contribution in [0.2, 0.25) is 0 Å². The van der Waals surface area contributed by atoms with Crippen LogP contribution in [0.4, 0.5) is 5.82 Å². The largest absolute Gasteiger partial charge is 0.389 e. The van der Waals surface area contributed by atoms with E-state index in [1.54, 1.807) is 20.0 Å². The number of H-pyrrole nitrogens is 1. The van der Waals surface area contributed by atoms with Gasteiger partial charge in [-0.3, -0.25) is 0 Å². The van der Waals surface area contributed by atoms with E-state index in [9.17, 15) is 5.11 Å². The van der Waals surface area contributed by atoms with E-state index < -0.39 is 5.60 Å². The van der Waals surface area contributed by atoms with Gasteiger partial charge in [0.05, 0.1) is 34.1 Å². The lowest BCUT2D eigenvalue weighted by Gasteiger charge is -2.38. The molecule has 1 saturated heterocycles. The number of benzene rings is 2. The van der Waals surface area contributed by atoms with Crippen molar-refractivity contribution in [3.63, 3.8) is 0 Å². The molecule has 1 atom stereocenters. The van der Waals surface area contributed by atoms with Gasteiger partial charge in [0, 0.05) is 61.5 Å². The maximum absolute atomic E-state index is 10.2. The fraction of sp³-hybridized carbons (Fsp3) is 0.286. The minimum absolute atomic E-state index is 0.185. The Kier molecular flexibility index (Phi) is 7.62. The van der Waals surface area contributed by atoms with Crippen molar-refractivity contribution in [1.82, 2.24) is 25.2 Å². The summed E-state index contributed by atoms with van der Waals surface area (Å²) in [7, 11) is 2.02. The topological polar surface area (TPSA) is 104 Å². The molecule has 0 bridgehead atoms. The second-order valence-corrected chi connectivity index (χ2v) is 12.0. The molecular weight excluding hydrogens is 534 g/mol. The van der Waals surface area contributed by atoms with Gasteiger partial charge in [-0.15, -0.1) is 0 Å². The number of aromatic nitrogens is 3. The number of nitrogens with one attached hydrogen (secondary N) is 3. The van der Waals surface area contributed by atoms with Gasteiger partial charge in [0.2, 0.25) is 0 Å². The Morgan fingerprint density at radius 1 is 1.16 bits per heavy atom. The molecule has 0 saturated carbocycles. The van der Waals surface area contributed by atoms with Crippen molar-refractivity contribution in [2.45, 2.75) is 44.8 Å². The number of hydrogen-bond donors (Lipinski definition) is 4. The summed E-state index contributed by atoms with van der Waals surface area (Å²) in [6.45, 7) is 8.95. The van der Waals surface area contributed by atoms with Crippen LogP contribution in [0.25, 0.3) is 27.7 Å². The fourth-order valence-electron chi connectivity index (χ4n) is 6.00. The van der Waals surface area contributed by atoms with Crippen LogP contribution >= 0.6 is 0 Å². The minimum atomic E-state index is -0.889. The van der Waals surface area contributed by atoms with Crippen LogP contribution < -0.4 is 10.2 Å². The Hall–Kier alpha value is -4.69. The fourth-order valence-corrected chi connectivity index (χ4v) is 6.00. The van der Waals surface area contributed by atoms with E-state index in [0.717, 1.165) is 70.6 Å². The molecule has 0 radical (unpaired) electrons.